The van der Waals surface area contributed by atoms with Crippen molar-refractivity contribution in [2.24, 2.45) is 10.8 Å². The minimum Gasteiger partial charge on any atom is -0.359 e. The van der Waals surface area contributed by atoms with Crippen molar-refractivity contribution in [2.45, 2.75) is 0 Å². The molecule has 4 rings (SSSR count). The molecule has 174 valence electrons. The van der Waals surface area contributed by atoms with Crippen LogP contribution in [0.25, 0.3) is 10.9 Å². The van der Waals surface area contributed by atoms with E-state index in [1.807, 2.05) is 35.2 Å². The number of halogens is 1. The number of carbonyl (C=O) groups is 2. The zero-order valence-electron chi connectivity index (χ0n) is 18.1. The highest BCUT2D eigenvalue weighted by Gasteiger charge is 2.30. The number of anilines is 1. The van der Waals surface area contributed by atoms with Gasteiger partial charge in [0.1, 0.15) is 4.99 Å². The first-order chi connectivity index (χ1) is 16.4. The molecule has 3 heterocycles. The Labute approximate surface area is 200 Å². The monoisotopic (exact) mass is 479 g/mol. The average molecular weight is 480 g/mol. The summed E-state index contributed by atoms with van der Waals surface area (Å²) in [5, 5.41) is 1.06. The van der Waals surface area contributed by atoms with Gasteiger partial charge in [-0.1, -0.05) is 42.5 Å². The lowest BCUT2D eigenvalue weighted by Gasteiger charge is -2.36. The number of Topliss-reactive ketones (excluding diaryl/α,β-unsaturated/α-hetero) is 1. The van der Waals surface area contributed by atoms with Crippen LogP contribution in [0.4, 0.5) is 10.2 Å². The van der Waals surface area contributed by atoms with Crippen LogP contribution < -0.4 is 10.9 Å². The molecule has 0 bridgehead atoms. The molecule has 0 spiro atoms. The molecule has 0 aliphatic carbocycles. The van der Waals surface area contributed by atoms with Crippen molar-refractivity contribution < 1.29 is 14.0 Å². The van der Waals surface area contributed by atoms with Crippen LogP contribution in [0.2, 0.25) is 0 Å². The fraction of sp³-hybridized carbons (Fsp3) is 0.174. The SMILES string of the molecule is C=N/C=C\N(N)c1ncc(F)c2c(C(=O)C(=O)N3CCN(C(=S)c4ccccc4)CC3)c[nH]c12. The molecule has 1 aliphatic heterocycles. The Hall–Kier alpha value is -3.96. The highest BCUT2D eigenvalue weighted by atomic mass is 32.1. The van der Waals surface area contributed by atoms with Gasteiger partial charge in [-0.15, -0.1) is 0 Å². The molecule has 3 N–H and O–H groups in total. The lowest BCUT2D eigenvalue weighted by atomic mass is 10.1. The molecule has 0 radical (unpaired) electrons. The summed E-state index contributed by atoms with van der Waals surface area (Å²) in [6.45, 7) is 4.96. The van der Waals surface area contributed by atoms with Crippen LogP contribution in [0.3, 0.4) is 0 Å². The normalized spacial score (nSPS) is 13.9. The van der Waals surface area contributed by atoms with E-state index in [9.17, 15) is 14.0 Å². The number of amides is 1. The Morgan fingerprint density at radius 1 is 1.21 bits per heavy atom. The molecule has 1 fully saturated rings. The fourth-order valence-corrected chi connectivity index (χ4v) is 4.11. The van der Waals surface area contributed by atoms with Crippen molar-refractivity contribution in [3.8, 4) is 0 Å². The van der Waals surface area contributed by atoms with E-state index in [4.69, 9.17) is 18.1 Å². The van der Waals surface area contributed by atoms with Crippen LogP contribution in [0.1, 0.15) is 15.9 Å². The number of H-pyrrole nitrogens is 1. The number of benzene rings is 1. The zero-order valence-corrected chi connectivity index (χ0v) is 19.0. The van der Waals surface area contributed by atoms with E-state index in [-0.39, 0.29) is 22.3 Å². The Kier molecular flexibility index (Phi) is 6.75. The van der Waals surface area contributed by atoms with Crippen LogP contribution in [0.15, 0.2) is 60.1 Å². The number of rotatable bonds is 6. The zero-order chi connectivity index (χ0) is 24.2. The quantitative estimate of drug-likeness (QED) is 0.139. The first-order valence-electron chi connectivity index (χ1n) is 10.4. The summed E-state index contributed by atoms with van der Waals surface area (Å²) in [4.78, 5) is 40.5. The minimum atomic E-state index is -0.812. The second kappa shape index (κ2) is 9.89. The Balaban J connectivity index is 1.51. The summed E-state index contributed by atoms with van der Waals surface area (Å²) in [5.74, 6) is 3.82. The minimum absolute atomic E-state index is 0.0531. The summed E-state index contributed by atoms with van der Waals surface area (Å²) in [7, 11) is 0. The second-order valence-electron chi connectivity index (χ2n) is 7.55. The summed E-state index contributed by atoms with van der Waals surface area (Å²) in [6, 6.07) is 9.62. The molecule has 0 saturated carbocycles. The average Bonchev–Trinajstić information content (AvgIpc) is 3.33. The van der Waals surface area contributed by atoms with Gasteiger partial charge in [-0.25, -0.2) is 15.2 Å². The van der Waals surface area contributed by atoms with Gasteiger partial charge in [-0.2, -0.15) is 0 Å². The molecule has 0 unspecified atom stereocenters. The smallest absolute Gasteiger partial charge is 0.295 e. The predicted molar refractivity (Wildman–Crippen MR) is 132 cm³/mol. The molecule has 3 aromatic rings. The number of aromatic amines is 1. The maximum Gasteiger partial charge on any atom is 0.295 e. The number of piperazine rings is 1. The van der Waals surface area contributed by atoms with Crippen LogP contribution in [-0.4, -0.2) is 69.3 Å². The lowest BCUT2D eigenvalue weighted by Crippen LogP contribution is -2.52. The molecule has 1 saturated heterocycles. The number of thiocarbonyl (C=S) groups is 1. The largest absolute Gasteiger partial charge is 0.359 e. The predicted octanol–water partition coefficient (Wildman–Crippen LogP) is 2.26. The molecule has 0 atom stereocenters. The van der Waals surface area contributed by atoms with Crippen molar-refractivity contribution in [1.82, 2.24) is 19.8 Å². The van der Waals surface area contributed by atoms with E-state index < -0.39 is 17.5 Å². The van der Waals surface area contributed by atoms with Gasteiger partial charge in [-0.05, 0) is 6.72 Å². The highest BCUT2D eigenvalue weighted by molar-refractivity contribution is 7.80. The van der Waals surface area contributed by atoms with Crippen LogP contribution in [0, 0.1) is 5.82 Å². The molecular weight excluding hydrogens is 457 g/mol. The molecule has 2 aromatic heterocycles. The first-order valence-corrected chi connectivity index (χ1v) is 10.8. The van der Waals surface area contributed by atoms with E-state index in [0.29, 0.717) is 31.2 Å². The van der Waals surface area contributed by atoms with Gasteiger partial charge in [0.25, 0.3) is 11.7 Å². The summed E-state index contributed by atoms with van der Waals surface area (Å²) in [5.41, 5.74) is 1.03. The van der Waals surface area contributed by atoms with E-state index in [1.165, 1.54) is 23.5 Å². The van der Waals surface area contributed by atoms with Crippen LogP contribution in [-0.2, 0) is 4.79 Å². The van der Waals surface area contributed by atoms with Gasteiger partial charge in [0, 0.05) is 50.3 Å². The summed E-state index contributed by atoms with van der Waals surface area (Å²) >= 11 is 5.56. The summed E-state index contributed by atoms with van der Waals surface area (Å²) in [6.07, 6.45) is 4.95. The third-order valence-corrected chi connectivity index (χ3v) is 6.03. The molecule has 1 aliphatic rings. The van der Waals surface area contributed by atoms with E-state index in [0.717, 1.165) is 16.8 Å². The van der Waals surface area contributed by atoms with Crippen molar-refractivity contribution >= 4 is 52.3 Å². The highest BCUT2D eigenvalue weighted by Crippen LogP contribution is 2.28. The number of hydrogen-bond donors (Lipinski definition) is 2. The van der Waals surface area contributed by atoms with E-state index >= 15 is 0 Å². The molecule has 1 aromatic carbocycles. The number of aromatic nitrogens is 2. The molecule has 34 heavy (non-hydrogen) atoms. The third-order valence-electron chi connectivity index (χ3n) is 5.53. The Bertz CT molecular complexity index is 1280. The first kappa shape index (κ1) is 23.2. The Morgan fingerprint density at radius 3 is 2.56 bits per heavy atom. The van der Waals surface area contributed by atoms with Gasteiger partial charge in [-0.3, -0.25) is 19.6 Å². The number of pyridine rings is 1. The van der Waals surface area contributed by atoms with Crippen molar-refractivity contribution in [3.63, 3.8) is 0 Å². The number of nitrogens with one attached hydrogen (secondary N) is 1. The van der Waals surface area contributed by atoms with Crippen LogP contribution >= 0.6 is 12.2 Å². The molecule has 1 amide bonds. The van der Waals surface area contributed by atoms with Gasteiger partial charge >= 0.3 is 0 Å². The number of hydrazine groups is 1. The van der Waals surface area contributed by atoms with Gasteiger partial charge in [0.05, 0.1) is 22.7 Å². The number of ketones is 1. The van der Waals surface area contributed by atoms with Gasteiger partial charge < -0.3 is 14.8 Å². The maximum atomic E-state index is 14.7. The number of nitrogens with zero attached hydrogens (tertiary/aromatic N) is 5. The molecule has 11 heteroatoms. The number of nitrogens with two attached hydrogens (primary N) is 1. The van der Waals surface area contributed by atoms with E-state index in [1.54, 1.807) is 0 Å². The molecular formula is C23H22FN7O2S. The van der Waals surface area contributed by atoms with Gasteiger partial charge in [0.15, 0.2) is 11.6 Å². The van der Waals surface area contributed by atoms with Crippen LogP contribution in [0.5, 0.6) is 0 Å². The Morgan fingerprint density at radius 2 is 1.88 bits per heavy atom. The number of hydrogen-bond acceptors (Lipinski definition) is 7. The molecule has 9 nitrogen and oxygen atoms in total. The number of carbonyl (C=O) groups excluding carboxylic acids is 2. The van der Waals surface area contributed by atoms with Crippen molar-refractivity contribution in [1.29, 1.82) is 0 Å². The van der Waals surface area contributed by atoms with Crippen molar-refractivity contribution in [2.75, 3.05) is 31.2 Å². The fourth-order valence-electron chi connectivity index (χ4n) is 3.79. The van der Waals surface area contributed by atoms with Gasteiger partial charge in [0.2, 0.25) is 0 Å². The number of aliphatic imine (C=N–C) groups is 1. The standard InChI is InChI=1S/C23H22FN7O2S/c1-26-7-8-31(25)21-19-18(17(24)14-28-21)16(13-27-19)20(32)22(33)29-9-11-30(12-10-29)23(34)15-5-3-2-4-6-15/h2-8,13-14,27H,1,9-12,25H2/b8-7-. The third kappa shape index (κ3) is 4.43. The lowest BCUT2D eigenvalue weighted by molar-refractivity contribution is -0.127. The van der Waals surface area contributed by atoms with Crippen molar-refractivity contribution in [3.05, 3.63) is 72.1 Å². The topological polar surface area (TPSA) is 111 Å². The van der Waals surface area contributed by atoms with E-state index in [2.05, 4.69) is 21.7 Å². The summed E-state index contributed by atoms with van der Waals surface area (Å²) < 4.78 is 14.7. The second-order valence-corrected chi connectivity index (χ2v) is 7.94. The maximum absolute atomic E-state index is 14.7. The number of fused-ring (bicyclic) bond motifs is 1.